The van der Waals surface area contributed by atoms with Crippen molar-refractivity contribution in [2.45, 2.75) is 0 Å². The summed E-state index contributed by atoms with van der Waals surface area (Å²) >= 11 is 14.2. The van der Waals surface area contributed by atoms with Crippen molar-refractivity contribution in [3.8, 4) is 0 Å². The molecule has 0 fully saturated rings. The van der Waals surface area contributed by atoms with Gasteiger partial charge in [-0.2, -0.15) is 0 Å². The summed E-state index contributed by atoms with van der Waals surface area (Å²) in [6.45, 7) is 0. The van der Waals surface area contributed by atoms with Crippen LogP contribution in [0.25, 0.3) is 0 Å². The van der Waals surface area contributed by atoms with Crippen molar-refractivity contribution >= 4 is 36.7 Å². The molecule has 0 aliphatic heterocycles. The molecule has 0 atom stereocenters. The first-order chi connectivity index (χ1) is 4.18. The molecule has 3 nitrogen and oxygen atoms in total. The summed E-state index contributed by atoms with van der Waals surface area (Å²) in [6.07, 6.45) is 0. The van der Waals surface area contributed by atoms with Crippen molar-refractivity contribution in [1.29, 1.82) is 0 Å². The van der Waals surface area contributed by atoms with E-state index < -0.39 is 0 Å². The molecule has 48 valence electrons. The van der Waals surface area contributed by atoms with Crippen LogP contribution in [0.15, 0.2) is 0 Å². The molecule has 1 rings (SSSR count). The Hall–Kier alpha value is 2.67. The molecule has 0 saturated heterocycles. The van der Waals surface area contributed by atoms with Crippen LogP contribution in [0.2, 0.25) is 0 Å². The molecule has 1 heterocycles. The number of aromatic nitrogens is 3. The van der Waals surface area contributed by atoms with Gasteiger partial charge in [0.1, 0.15) is 0 Å². The van der Waals surface area contributed by atoms with Crippen molar-refractivity contribution in [1.82, 2.24) is 15.0 Å². The molecule has 0 aliphatic rings. The summed E-state index contributed by atoms with van der Waals surface area (Å²) in [5, 5.41) is 0. The van der Waals surface area contributed by atoms with Gasteiger partial charge in [-0.25, -0.2) is 0 Å². The summed E-state index contributed by atoms with van der Waals surface area (Å²) < 4.78 is 1.34. The van der Waals surface area contributed by atoms with Gasteiger partial charge in [0.25, 0.3) is 0 Å². The largest absolute Gasteiger partial charge is 1.00 e. The Morgan fingerprint density at radius 2 is 0.750 bits per heavy atom. The van der Waals surface area contributed by atoms with Crippen LogP contribution in [0.1, 0.15) is 0 Å². The van der Waals surface area contributed by atoms with Crippen molar-refractivity contribution in [2.75, 3.05) is 0 Å². The van der Waals surface area contributed by atoms with Crippen LogP contribution in [0.3, 0.4) is 0 Å². The third kappa shape index (κ3) is 8.02. The average Bonchev–Trinajstić information content (AvgIpc) is 1.59. The molecule has 1 aromatic rings. The third-order valence-electron chi connectivity index (χ3n) is 0.681. The summed E-state index contributed by atoms with van der Waals surface area (Å²) in [5.41, 5.74) is 0. The number of hydrogen-bond acceptors (Lipinski definition) is 3. The van der Waals surface area contributed by atoms with E-state index in [0.717, 1.165) is 0 Å². The summed E-state index contributed by atoms with van der Waals surface area (Å²) in [6, 6.07) is 0. The molecule has 0 spiro atoms. The fourth-order valence-corrected chi connectivity index (χ4v) is 1.21. The van der Waals surface area contributed by atoms with Crippen molar-refractivity contribution < 1.29 is 88.7 Å². The molecule has 0 aromatic carbocycles. The average molecular weight is 246 g/mol. The standard InChI is InChI=1S/C3H3N3S3.3Na/c7-1-4-2(8)6-3(9)5-1;;;/h(H3,4,5,6,7,8,9);;;/q;3*+1. The second-order valence-corrected chi connectivity index (χ2v) is 2.59. The molecule has 0 saturated carbocycles. The molecule has 0 aliphatic carbocycles. The molecular formula is C3H3N3Na3S3+3. The van der Waals surface area contributed by atoms with Crippen LogP contribution >= 0.6 is 36.7 Å². The first kappa shape index (κ1) is 20.1. The minimum Gasteiger partial charge on any atom is -0.309 e. The Morgan fingerprint density at radius 3 is 0.917 bits per heavy atom. The molecule has 3 N–H and O–H groups in total. The Kier molecular flexibility index (Phi) is 17.1. The molecular weight excluding hydrogens is 243 g/mol. The predicted octanol–water partition coefficient (Wildman–Crippen LogP) is -7.13. The van der Waals surface area contributed by atoms with Gasteiger partial charge in [0.05, 0.1) is 0 Å². The van der Waals surface area contributed by atoms with E-state index in [2.05, 4.69) is 15.0 Å². The smallest absolute Gasteiger partial charge is 0.309 e. The second kappa shape index (κ2) is 10.2. The third-order valence-corrected chi connectivity index (χ3v) is 1.29. The summed E-state index contributed by atoms with van der Waals surface area (Å²) in [5.74, 6) is 0. The van der Waals surface area contributed by atoms with Gasteiger partial charge in [0.15, 0.2) is 14.3 Å². The van der Waals surface area contributed by atoms with Crippen LogP contribution in [0.4, 0.5) is 0 Å². The number of hydrogen-bond donors (Lipinski definition) is 3. The maximum atomic E-state index is 4.72. The van der Waals surface area contributed by atoms with Gasteiger partial charge in [0.2, 0.25) is 0 Å². The van der Waals surface area contributed by atoms with E-state index in [1.165, 1.54) is 0 Å². The van der Waals surface area contributed by atoms with E-state index in [0.29, 0.717) is 14.3 Å². The van der Waals surface area contributed by atoms with E-state index in [-0.39, 0.29) is 88.7 Å². The monoisotopic (exact) mass is 246 g/mol. The SMILES string of the molecule is S=c1[nH]c(=S)[nH]c(=S)[nH]1.[Na+].[Na+].[Na+]. The van der Waals surface area contributed by atoms with Crippen molar-refractivity contribution in [3.05, 3.63) is 14.3 Å². The first-order valence-electron chi connectivity index (χ1n) is 2.11. The fourth-order valence-electron chi connectivity index (χ4n) is 0.403. The van der Waals surface area contributed by atoms with E-state index >= 15 is 0 Å². The zero-order valence-electron chi connectivity index (χ0n) is 7.22. The molecule has 1 aromatic heterocycles. The molecule has 0 unspecified atom stereocenters. The molecule has 0 radical (unpaired) electrons. The normalized spacial score (nSPS) is 7.00. The van der Waals surface area contributed by atoms with Gasteiger partial charge in [-0.1, -0.05) is 0 Å². The first-order valence-corrected chi connectivity index (χ1v) is 3.34. The van der Waals surface area contributed by atoms with Gasteiger partial charge in [-0.05, 0) is 36.7 Å². The van der Waals surface area contributed by atoms with Crippen LogP contribution in [-0.4, -0.2) is 15.0 Å². The van der Waals surface area contributed by atoms with Crippen molar-refractivity contribution in [3.63, 3.8) is 0 Å². The van der Waals surface area contributed by atoms with E-state index in [9.17, 15) is 0 Å². The van der Waals surface area contributed by atoms with E-state index in [4.69, 9.17) is 36.7 Å². The Balaban J connectivity index is -0.000000270. The predicted molar refractivity (Wildman–Crippen MR) is 42.0 cm³/mol. The summed E-state index contributed by atoms with van der Waals surface area (Å²) in [7, 11) is 0. The topological polar surface area (TPSA) is 47.4 Å². The molecule has 0 bridgehead atoms. The Labute approximate surface area is 151 Å². The van der Waals surface area contributed by atoms with E-state index in [1.807, 2.05) is 0 Å². The van der Waals surface area contributed by atoms with Gasteiger partial charge in [-0.15, -0.1) is 0 Å². The number of H-pyrrole nitrogens is 3. The molecule has 12 heavy (non-hydrogen) atoms. The Bertz CT molecular complexity index is 287. The molecule has 0 amide bonds. The van der Waals surface area contributed by atoms with Gasteiger partial charge >= 0.3 is 88.7 Å². The number of nitrogens with one attached hydrogen (secondary N) is 3. The quantitative estimate of drug-likeness (QED) is 0.315. The van der Waals surface area contributed by atoms with Gasteiger partial charge in [0, 0.05) is 0 Å². The second-order valence-electron chi connectivity index (χ2n) is 1.36. The van der Waals surface area contributed by atoms with Crippen LogP contribution < -0.4 is 88.7 Å². The maximum Gasteiger partial charge on any atom is 1.00 e. The van der Waals surface area contributed by atoms with Gasteiger partial charge < -0.3 is 15.0 Å². The van der Waals surface area contributed by atoms with Crippen molar-refractivity contribution in [2.24, 2.45) is 0 Å². The fraction of sp³-hybridized carbons (Fsp3) is 0. The molecule has 9 heteroatoms. The zero-order chi connectivity index (χ0) is 6.85. The van der Waals surface area contributed by atoms with Crippen LogP contribution in [0, 0.1) is 14.3 Å². The number of aromatic amines is 3. The number of rotatable bonds is 0. The Morgan fingerprint density at radius 1 is 0.583 bits per heavy atom. The maximum absolute atomic E-state index is 4.72. The minimum absolute atomic E-state index is 0. The zero-order valence-corrected chi connectivity index (χ0v) is 15.7. The van der Waals surface area contributed by atoms with E-state index in [1.54, 1.807) is 0 Å². The van der Waals surface area contributed by atoms with Crippen LogP contribution in [0.5, 0.6) is 0 Å². The minimum atomic E-state index is 0. The summed E-state index contributed by atoms with van der Waals surface area (Å²) in [4.78, 5) is 7.99. The van der Waals surface area contributed by atoms with Crippen LogP contribution in [-0.2, 0) is 0 Å². The van der Waals surface area contributed by atoms with Gasteiger partial charge in [-0.3, -0.25) is 0 Å².